The number of carbonyl (C=O) groups excluding carboxylic acids is 2. The fourth-order valence-electron chi connectivity index (χ4n) is 6.37. The second-order valence-corrected chi connectivity index (χ2v) is 10.6. The van der Waals surface area contributed by atoms with Crippen molar-refractivity contribution in [1.29, 1.82) is 0 Å². The molecule has 5 heteroatoms. The third-order valence-electron chi connectivity index (χ3n) is 8.41. The van der Waals surface area contributed by atoms with Gasteiger partial charge in [-0.1, -0.05) is 67.1 Å². The number of nitrogens with zero attached hydrogens (tertiary/aromatic N) is 3. The van der Waals surface area contributed by atoms with E-state index >= 15 is 0 Å². The maximum atomic E-state index is 13.8. The number of piperidine rings is 1. The highest BCUT2D eigenvalue weighted by molar-refractivity contribution is 6.00. The number of likely N-dealkylation sites (tertiary alicyclic amines) is 1. The smallest absolute Gasteiger partial charge is 0.249 e. The number of piperazine rings is 1. The van der Waals surface area contributed by atoms with E-state index in [2.05, 4.69) is 47.4 Å². The second-order valence-electron chi connectivity index (χ2n) is 10.6. The van der Waals surface area contributed by atoms with Gasteiger partial charge < -0.3 is 14.7 Å². The summed E-state index contributed by atoms with van der Waals surface area (Å²) in [6.07, 6.45) is 8.88. The Bertz CT molecular complexity index is 985. The average Bonchev–Trinajstić information content (AvgIpc) is 3.40. The predicted octanol–water partition coefficient (Wildman–Crippen LogP) is 4.31. The highest BCUT2D eigenvalue weighted by Crippen LogP contribution is 2.39. The molecule has 3 fully saturated rings. The predicted molar refractivity (Wildman–Crippen MR) is 139 cm³/mol. The molecule has 0 saturated carbocycles. The molecule has 0 bridgehead atoms. The number of hydrogen-bond donors (Lipinski definition) is 0. The molecule has 3 aliphatic rings. The summed E-state index contributed by atoms with van der Waals surface area (Å²) >= 11 is 0. The average molecular weight is 474 g/mol. The lowest BCUT2D eigenvalue weighted by Crippen LogP contribution is -2.72. The Morgan fingerprint density at radius 2 is 1.40 bits per heavy atom. The summed E-state index contributed by atoms with van der Waals surface area (Å²) in [4.78, 5) is 33.8. The van der Waals surface area contributed by atoms with Gasteiger partial charge in [0.05, 0.1) is 0 Å². The normalized spacial score (nSPS) is 22.1. The van der Waals surface area contributed by atoms with Gasteiger partial charge in [-0.05, 0) is 69.0 Å². The van der Waals surface area contributed by atoms with Gasteiger partial charge in [0.15, 0.2) is 0 Å². The first-order valence-corrected chi connectivity index (χ1v) is 13.6. The molecule has 3 heterocycles. The van der Waals surface area contributed by atoms with E-state index in [0.29, 0.717) is 6.54 Å². The molecule has 0 N–H and O–H groups in total. The fraction of sp³-hybridized carbons (Fsp3) is 0.533. The van der Waals surface area contributed by atoms with Gasteiger partial charge in [-0.3, -0.25) is 9.59 Å². The summed E-state index contributed by atoms with van der Waals surface area (Å²) in [6.45, 7) is 4.27. The van der Waals surface area contributed by atoms with E-state index < -0.39 is 5.54 Å². The Morgan fingerprint density at radius 1 is 0.743 bits per heavy atom. The Labute approximate surface area is 210 Å². The zero-order chi connectivity index (χ0) is 24.1. The Balaban J connectivity index is 1.18. The van der Waals surface area contributed by atoms with E-state index in [0.717, 1.165) is 64.7 Å². The SMILES string of the molecule is O=C1C2CCCN2C(=O)C2(CCN(CCCCCc3ccccc3)CC2)N1CCc1ccccc1. The molecule has 0 aromatic heterocycles. The molecule has 2 aromatic rings. The summed E-state index contributed by atoms with van der Waals surface area (Å²) < 4.78 is 0. The largest absolute Gasteiger partial charge is 0.329 e. The van der Waals surface area contributed by atoms with E-state index in [-0.39, 0.29) is 17.9 Å². The maximum Gasteiger partial charge on any atom is 0.249 e. The van der Waals surface area contributed by atoms with Crippen molar-refractivity contribution < 1.29 is 9.59 Å². The minimum absolute atomic E-state index is 0.187. The van der Waals surface area contributed by atoms with E-state index in [1.54, 1.807) is 0 Å². The van der Waals surface area contributed by atoms with Crippen LogP contribution in [-0.2, 0) is 22.4 Å². The third-order valence-corrected chi connectivity index (χ3v) is 8.41. The van der Waals surface area contributed by atoms with Gasteiger partial charge in [-0.25, -0.2) is 0 Å². The lowest BCUT2D eigenvalue weighted by molar-refractivity contribution is -0.172. The molecule has 5 nitrogen and oxygen atoms in total. The van der Waals surface area contributed by atoms with Gasteiger partial charge >= 0.3 is 0 Å². The maximum absolute atomic E-state index is 13.8. The molecule has 2 amide bonds. The number of fused-ring (bicyclic) bond motifs is 1. The Kier molecular flexibility index (Phi) is 7.52. The lowest BCUT2D eigenvalue weighted by Gasteiger charge is -2.53. The monoisotopic (exact) mass is 473 g/mol. The highest BCUT2D eigenvalue weighted by Gasteiger charge is 2.57. The van der Waals surface area contributed by atoms with Crippen LogP contribution in [0.2, 0.25) is 0 Å². The molecule has 186 valence electrons. The number of unbranched alkanes of at least 4 members (excludes halogenated alkanes) is 2. The zero-order valence-electron chi connectivity index (χ0n) is 20.9. The molecule has 1 atom stereocenters. The summed E-state index contributed by atoms with van der Waals surface area (Å²) in [5.74, 6) is 0.405. The van der Waals surface area contributed by atoms with Gasteiger partial charge in [0, 0.05) is 26.2 Å². The van der Waals surface area contributed by atoms with Crippen molar-refractivity contribution >= 4 is 11.8 Å². The molecular weight excluding hydrogens is 434 g/mol. The van der Waals surface area contributed by atoms with Crippen LogP contribution < -0.4 is 0 Å². The van der Waals surface area contributed by atoms with Crippen LogP contribution in [0.5, 0.6) is 0 Å². The summed E-state index contributed by atoms with van der Waals surface area (Å²) in [6, 6.07) is 20.8. The number of rotatable bonds is 9. The van der Waals surface area contributed by atoms with Crippen molar-refractivity contribution in [2.45, 2.75) is 69.4 Å². The molecule has 1 spiro atoms. The fourth-order valence-corrected chi connectivity index (χ4v) is 6.37. The van der Waals surface area contributed by atoms with Crippen molar-refractivity contribution in [3.63, 3.8) is 0 Å². The second kappa shape index (κ2) is 10.9. The van der Waals surface area contributed by atoms with Gasteiger partial charge in [0.25, 0.3) is 0 Å². The molecule has 0 radical (unpaired) electrons. The molecule has 3 saturated heterocycles. The topological polar surface area (TPSA) is 43.9 Å². The standard InChI is InChI=1S/C30H39N3O2/c34-28-27-16-10-21-32(27)29(35)30(33(28)22-17-26-14-6-2-7-15-26)18-23-31(24-19-30)20-9-3-8-13-25-11-4-1-5-12-25/h1-2,4-7,11-12,14-15,27H,3,8-10,13,16-24H2. The first-order valence-electron chi connectivity index (χ1n) is 13.6. The Hall–Kier alpha value is -2.66. The Morgan fingerprint density at radius 3 is 2.09 bits per heavy atom. The number of aryl methyl sites for hydroxylation is 1. The number of amides is 2. The van der Waals surface area contributed by atoms with Crippen molar-refractivity contribution in [1.82, 2.24) is 14.7 Å². The van der Waals surface area contributed by atoms with E-state index in [1.165, 1.54) is 30.4 Å². The van der Waals surface area contributed by atoms with Crippen molar-refractivity contribution in [3.05, 3.63) is 71.8 Å². The molecule has 3 aliphatic heterocycles. The van der Waals surface area contributed by atoms with Crippen LogP contribution in [0.15, 0.2) is 60.7 Å². The third kappa shape index (κ3) is 5.16. The molecule has 5 rings (SSSR count). The van der Waals surface area contributed by atoms with Crippen LogP contribution in [0.25, 0.3) is 0 Å². The van der Waals surface area contributed by atoms with Crippen LogP contribution in [0.4, 0.5) is 0 Å². The number of hydrogen-bond acceptors (Lipinski definition) is 3. The number of carbonyl (C=O) groups is 2. The van der Waals surface area contributed by atoms with Crippen LogP contribution in [0.1, 0.15) is 56.1 Å². The van der Waals surface area contributed by atoms with Crippen LogP contribution in [0, 0.1) is 0 Å². The first-order chi connectivity index (χ1) is 17.2. The summed E-state index contributed by atoms with van der Waals surface area (Å²) in [7, 11) is 0. The van der Waals surface area contributed by atoms with E-state index in [9.17, 15) is 9.59 Å². The van der Waals surface area contributed by atoms with Gasteiger partial charge in [0.2, 0.25) is 11.8 Å². The first kappa shape index (κ1) is 24.1. The minimum Gasteiger partial charge on any atom is -0.329 e. The van der Waals surface area contributed by atoms with Gasteiger partial charge in [0.1, 0.15) is 11.6 Å². The van der Waals surface area contributed by atoms with E-state index in [1.807, 2.05) is 28.0 Å². The summed E-state index contributed by atoms with van der Waals surface area (Å²) in [5.41, 5.74) is 2.00. The van der Waals surface area contributed by atoms with Gasteiger partial charge in [-0.2, -0.15) is 0 Å². The van der Waals surface area contributed by atoms with Crippen molar-refractivity contribution in [2.24, 2.45) is 0 Å². The number of benzene rings is 2. The zero-order valence-corrected chi connectivity index (χ0v) is 20.9. The minimum atomic E-state index is -0.642. The quantitative estimate of drug-likeness (QED) is 0.510. The van der Waals surface area contributed by atoms with Crippen LogP contribution in [-0.4, -0.2) is 70.8 Å². The molecule has 35 heavy (non-hydrogen) atoms. The van der Waals surface area contributed by atoms with Gasteiger partial charge in [-0.15, -0.1) is 0 Å². The lowest BCUT2D eigenvalue weighted by atomic mass is 9.80. The van der Waals surface area contributed by atoms with Crippen LogP contribution in [0.3, 0.4) is 0 Å². The molecular formula is C30H39N3O2. The summed E-state index contributed by atoms with van der Waals surface area (Å²) in [5, 5.41) is 0. The van der Waals surface area contributed by atoms with Crippen molar-refractivity contribution in [3.8, 4) is 0 Å². The van der Waals surface area contributed by atoms with Crippen molar-refractivity contribution in [2.75, 3.05) is 32.7 Å². The van der Waals surface area contributed by atoms with Crippen LogP contribution >= 0.6 is 0 Å². The molecule has 0 aliphatic carbocycles. The van der Waals surface area contributed by atoms with E-state index in [4.69, 9.17) is 0 Å². The highest BCUT2D eigenvalue weighted by atomic mass is 16.2. The molecule has 2 aromatic carbocycles. The molecule has 1 unspecified atom stereocenters.